The first kappa shape index (κ1) is 13.3. The molecule has 1 aliphatic carbocycles. The second-order valence-electron chi connectivity index (χ2n) is 4.17. The zero-order valence-electron chi connectivity index (χ0n) is 9.26. The van der Waals surface area contributed by atoms with Crippen LogP contribution in [0.4, 0.5) is 13.2 Å². The minimum Gasteiger partial charge on any atom is -0.334 e. The van der Waals surface area contributed by atoms with Crippen molar-refractivity contribution in [1.29, 1.82) is 0 Å². The van der Waals surface area contributed by atoms with Crippen molar-refractivity contribution in [3.05, 3.63) is 0 Å². The SMILES string of the molecule is CCN(CC(F)(F)F)C(=O)C1CCCC1N. The maximum atomic E-state index is 12.2. The van der Waals surface area contributed by atoms with Gasteiger partial charge in [-0.1, -0.05) is 6.42 Å². The highest BCUT2D eigenvalue weighted by atomic mass is 19.4. The molecule has 1 aliphatic rings. The Balaban J connectivity index is 2.62. The Morgan fingerprint density at radius 3 is 2.44 bits per heavy atom. The van der Waals surface area contributed by atoms with Gasteiger partial charge in [0.2, 0.25) is 5.91 Å². The third-order valence-electron chi connectivity index (χ3n) is 2.95. The van der Waals surface area contributed by atoms with E-state index in [9.17, 15) is 18.0 Å². The smallest absolute Gasteiger partial charge is 0.334 e. The molecule has 1 rings (SSSR count). The van der Waals surface area contributed by atoms with Crippen LogP contribution in [-0.4, -0.2) is 36.1 Å². The summed E-state index contributed by atoms with van der Waals surface area (Å²) in [6.07, 6.45) is -2.19. The first-order valence-electron chi connectivity index (χ1n) is 5.46. The van der Waals surface area contributed by atoms with E-state index in [-0.39, 0.29) is 12.6 Å². The van der Waals surface area contributed by atoms with Crippen LogP contribution in [-0.2, 0) is 4.79 Å². The van der Waals surface area contributed by atoms with Crippen molar-refractivity contribution in [2.45, 2.75) is 38.4 Å². The highest BCUT2D eigenvalue weighted by Gasteiger charge is 2.37. The van der Waals surface area contributed by atoms with Crippen LogP contribution < -0.4 is 5.73 Å². The molecule has 0 aromatic carbocycles. The second-order valence-corrected chi connectivity index (χ2v) is 4.17. The van der Waals surface area contributed by atoms with Gasteiger partial charge in [-0.25, -0.2) is 0 Å². The molecule has 2 atom stereocenters. The van der Waals surface area contributed by atoms with E-state index in [4.69, 9.17) is 5.73 Å². The van der Waals surface area contributed by atoms with Crippen molar-refractivity contribution in [3.8, 4) is 0 Å². The largest absolute Gasteiger partial charge is 0.406 e. The molecule has 1 amide bonds. The number of amides is 1. The number of rotatable bonds is 3. The van der Waals surface area contributed by atoms with Gasteiger partial charge in [0.05, 0.1) is 5.92 Å². The van der Waals surface area contributed by atoms with E-state index in [2.05, 4.69) is 0 Å². The zero-order valence-corrected chi connectivity index (χ0v) is 9.26. The maximum Gasteiger partial charge on any atom is 0.406 e. The Hall–Kier alpha value is -0.780. The van der Waals surface area contributed by atoms with Gasteiger partial charge in [0.1, 0.15) is 6.54 Å². The Bertz CT molecular complexity index is 255. The summed E-state index contributed by atoms with van der Waals surface area (Å²) >= 11 is 0. The number of carbonyl (C=O) groups is 1. The van der Waals surface area contributed by atoms with Crippen LogP contribution >= 0.6 is 0 Å². The van der Waals surface area contributed by atoms with Crippen molar-refractivity contribution in [3.63, 3.8) is 0 Å². The summed E-state index contributed by atoms with van der Waals surface area (Å²) in [4.78, 5) is 12.7. The average molecular weight is 238 g/mol. The highest BCUT2D eigenvalue weighted by Crippen LogP contribution is 2.27. The number of nitrogens with zero attached hydrogens (tertiary/aromatic N) is 1. The molecule has 1 fully saturated rings. The van der Waals surface area contributed by atoms with Crippen LogP contribution in [0.3, 0.4) is 0 Å². The fraction of sp³-hybridized carbons (Fsp3) is 0.900. The summed E-state index contributed by atoms with van der Waals surface area (Å²) in [5.74, 6) is -0.882. The predicted molar refractivity (Wildman–Crippen MR) is 53.6 cm³/mol. The van der Waals surface area contributed by atoms with Crippen LogP contribution in [0.1, 0.15) is 26.2 Å². The Morgan fingerprint density at radius 1 is 1.44 bits per heavy atom. The quantitative estimate of drug-likeness (QED) is 0.810. The summed E-state index contributed by atoms with van der Waals surface area (Å²) in [6, 6.07) is -0.283. The van der Waals surface area contributed by atoms with Gasteiger partial charge in [0.25, 0.3) is 0 Å². The van der Waals surface area contributed by atoms with E-state index < -0.39 is 24.5 Å². The lowest BCUT2D eigenvalue weighted by Gasteiger charge is -2.26. The van der Waals surface area contributed by atoms with Gasteiger partial charge in [-0.15, -0.1) is 0 Å². The molecule has 3 nitrogen and oxygen atoms in total. The second kappa shape index (κ2) is 5.03. The molecule has 0 spiro atoms. The molecule has 0 heterocycles. The van der Waals surface area contributed by atoms with Crippen molar-refractivity contribution >= 4 is 5.91 Å². The average Bonchev–Trinajstić information content (AvgIpc) is 2.58. The molecule has 0 saturated heterocycles. The zero-order chi connectivity index (χ0) is 12.3. The van der Waals surface area contributed by atoms with Crippen LogP contribution in [0, 0.1) is 5.92 Å². The van der Waals surface area contributed by atoms with E-state index in [1.165, 1.54) is 0 Å². The maximum absolute atomic E-state index is 12.2. The number of carbonyl (C=O) groups excluding carboxylic acids is 1. The lowest BCUT2D eigenvalue weighted by Crippen LogP contribution is -2.45. The molecule has 0 aromatic rings. The molecule has 16 heavy (non-hydrogen) atoms. The van der Waals surface area contributed by atoms with Gasteiger partial charge in [0, 0.05) is 12.6 Å². The lowest BCUT2D eigenvalue weighted by molar-refractivity contribution is -0.163. The fourth-order valence-electron chi connectivity index (χ4n) is 2.09. The Labute approximate surface area is 92.8 Å². The van der Waals surface area contributed by atoms with E-state index in [0.717, 1.165) is 17.7 Å². The summed E-state index contributed by atoms with van der Waals surface area (Å²) in [5.41, 5.74) is 5.71. The number of halogens is 3. The predicted octanol–water partition coefficient (Wildman–Crippen LogP) is 1.52. The molecule has 0 aromatic heterocycles. The first-order chi connectivity index (χ1) is 7.35. The van der Waals surface area contributed by atoms with Crippen molar-refractivity contribution < 1.29 is 18.0 Å². The third-order valence-corrected chi connectivity index (χ3v) is 2.95. The third kappa shape index (κ3) is 3.37. The standard InChI is InChI=1S/C10H17F3N2O/c1-2-15(6-10(11,12)13)9(16)7-4-3-5-8(7)14/h7-8H,2-6,14H2,1H3. The van der Waals surface area contributed by atoms with E-state index in [1.54, 1.807) is 6.92 Å². The molecule has 0 radical (unpaired) electrons. The molecule has 2 N–H and O–H groups in total. The number of hydrogen-bond acceptors (Lipinski definition) is 2. The molecule has 0 bridgehead atoms. The molecule has 6 heteroatoms. The highest BCUT2D eigenvalue weighted by molar-refractivity contribution is 5.80. The van der Waals surface area contributed by atoms with Gasteiger partial charge in [0.15, 0.2) is 0 Å². The van der Waals surface area contributed by atoms with Gasteiger partial charge in [-0.2, -0.15) is 13.2 Å². The summed E-state index contributed by atoms with van der Waals surface area (Å²) in [6.45, 7) is 0.442. The van der Waals surface area contributed by atoms with Crippen molar-refractivity contribution in [2.24, 2.45) is 11.7 Å². The van der Waals surface area contributed by atoms with Gasteiger partial charge in [-0.05, 0) is 19.8 Å². The lowest BCUT2D eigenvalue weighted by atomic mass is 10.0. The molecule has 0 aliphatic heterocycles. The summed E-state index contributed by atoms with van der Waals surface area (Å²) in [7, 11) is 0. The van der Waals surface area contributed by atoms with Gasteiger partial charge in [-0.3, -0.25) is 4.79 Å². The summed E-state index contributed by atoms with van der Waals surface area (Å²) in [5, 5.41) is 0. The molecule has 1 saturated carbocycles. The molecular weight excluding hydrogens is 221 g/mol. The van der Waals surface area contributed by atoms with Crippen LogP contribution in [0.5, 0.6) is 0 Å². The van der Waals surface area contributed by atoms with Crippen LogP contribution in [0.25, 0.3) is 0 Å². The molecular formula is C10H17F3N2O. The van der Waals surface area contributed by atoms with E-state index in [1.807, 2.05) is 0 Å². The minimum absolute atomic E-state index is 0.0710. The Morgan fingerprint density at radius 2 is 2.06 bits per heavy atom. The normalized spacial score (nSPS) is 25.8. The van der Waals surface area contributed by atoms with E-state index >= 15 is 0 Å². The monoisotopic (exact) mass is 238 g/mol. The van der Waals surface area contributed by atoms with Gasteiger partial charge >= 0.3 is 6.18 Å². The van der Waals surface area contributed by atoms with Crippen LogP contribution in [0.15, 0.2) is 0 Å². The number of hydrogen-bond donors (Lipinski definition) is 1. The van der Waals surface area contributed by atoms with Crippen molar-refractivity contribution in [1.82, 2.24) is 4.90 Å². The summed E-state index contributed by atoms with van der Waals surface area (Å²) < 4.78 is 36.6. The van der Waals surface area contributed by atoms with E-state index in [0.29, 0.717) is 6.42 Å². The molecule has 2 unspecified atom stereocenters. The Kier molecular flexibility index (Phi) is 4.18. The van der Waals surface area contributed by atoms with Gasteiger partial charge < -0.3 is 10.6 Å². The number of alkyl halides is 3. The van der Waals surface area contributed by atoms with Crippen LogP contribution in [0.2, 0.25) is 0 Å². The number of nitrogens with two attached hydrogens (primary N) is 1. The minimum atomic E-state index is -4.34. The topological polar surface area (TPSA) is 46.3 Å². The van der Waals surface area contributed by atoms with Crippen molar-refractivity contribution in [2.75, 3.05) is 13.1 Å². The fourth-order valence-corrected chi connectivity index (χ4v) is 2.09. The first-order valence-corrected chi connectivity index (χ1v) is 5.46. The molecule has 94 valence electrons.